The smallest absolute Gasteiger partial charge is 0.226 e. The quantitative estimate of drug-likeness (QED) is 0.866. The van der Waals surface area contributed by atoms with Crippen LogP contribution in [0.3, 0.4) is 0 Å². The second-order valence-corrected chi connectivity index (χ2v) is 6.16. The number of nitrogens with zero attached hydrogens (tertiary/aromatic N) is 5. The largest absolute Gasteiger partial charge is 0.330 e. The Morgan fingerprint density at radius 2 is 1.81 bits per heavy atom. The Morgan fingerprint density at radius 1 is 1.10 bits per heavy atom. The SMILES string of the molecule is Cc1cc(C)nc(N2Cc3cnc(CC(C)C)nc3C2)n1. The second-order valence-electron chi connectivity index (χ2n) is 6.16. The van der Waals surface area contributed by atoms with Crippen LogP contribution in [0.25, 0.3) is 0 Å². The molecule has 3 rings (SSSR count). The summed E-state index contributed by atoms with van der Waals surface area (Å²) in [7, 11) is 0. The summed E-state index contributed by atoms with van der Waals surface area (Å²) in [5, 5.41) is 0. The van der Waals surface area contributed by atoms with Crippen molar-refractivity contribution in [3.05, 3.63) is 40.7 Å². The number of rotatable bonds is 3. The molecule has 0 saturated carbocycles. The third kappa shape index (κ3) is 3.01. The molecule has 0 amide bonds. The number of aromatic nitrogens is 4. The zero-order chi connectivity index (χ0) is 15.0. The van der Waals surface area contributed by atoms with Crippen LogP contribution in [0.1, 0.15) is 42.3 Å². The monoisotopic (exact) mass is 283 g/mol. The van der Waals surface area contributed by atoms with Gasteiger partial charge in [0.25, 0.3) is 0 Å². The molecule has 0 N–H and O–H groups in total. The van der Waals surface area contributed by atoms with Crippen LogP contribution in [0.2, 0.25) is 0 Å². The van der Waals surface area contributed by atoms with Gasteiger partial charge in [0.05, 0.1) is 12.2 Å². The van der Waals surface area contributed by atoms with Crippen molar-refractivity contribution in [1.82, 2.24) is 19.9 Å². The summed E-state index contributed by atoms with van der Waals surface area (Å²) in [5.74, 6) is 2.30. The lowest BCUT2D eigenvalue weighted by Gasteiger charge is -2.15. The van der Waals surface area contributed by atoms with Gasteiger partial charge in [0, 0.05) is 36.1 Å². The summed E-state index contributed by atoms with van der Waals surface area (Å²) >= 11 is 0. The molecule has 0 aromatic carbocycles. The van der Waals surface area contributed by atoms with Gasteiger partial charge in [-0.05, 0) is 25.8 Å². The fourth-order valence-corrected chi connectivity index (χ4v) is 2.65. The molecule has 0 unspecified atom stereocenters. The average molecular weight is 283 g/mol. The van der Waals surface area contributed by atoms with Gasteiger partial charge >= 0.3 is 0 Å². The van der Waals surface area contributed by atoms with Crippen molar-refractivity contribution in [3.63, 3.8) is 0 Å². The van der Waals surface area contributed by atoms with Crippen LogP contribution in [0, 0.1) is 19.8 Å². The molecule has 0 atom stereocenters. The molecule has 21 heavy (non-hydrogen) atoms. The Kier molecular flexibility index (Phi) is 3.57. The van der Waals surface area contributed by atoms with Crippen LogP contribution >= 0.6 is 0 Å². The Morgan fingerprint density at radius 3 is 2.48 bits per heavy atom. The van der Waals surface area contributed by atoms with E-state index in [9.17, 15) is 0 Å². The molecular formula is C16H21N5. The first kappa shape index (κ1) is 13.9. The Hall–Kier alpha value is -2.04. The zero-order valence-electron chi connectivity index (χ0n) is 13.1. The zero-order valence-corrected chi connectivity index (χ0v) is 13.1. The van der Waals surface area contributed by atoms with Crippen molar-refractivity contribution in [3.8, 4) is 0 Å². The summed E-state index contributed by atoms with van der Waals surface area (Å²) in [4.78, 5) is 20.4. The van der Waals surface area contributed by atoms with E-state index < -0.39 is 0 Å². The van der Waals surface area contributed by atoms with E-state index in [4.69, 9.17) is 4.98 Å². The van der Waals surface area contributed by atoms with Gasteiger partial charge in [-0.2, -0.15) is 0 Å². The van der Waals surface area contributed by atoms with Crippen molar-refractivity contribution < 1.29 is 0 Å². The molecule has 110 valence electrons. The lowest BCUT2D eigenvalue weighted by Crippen LogP contribution is -2.18. The van der Waals surface area contributed by atoms with E-state index in [2.05, 4.69) is 33.7 Å². The van der Waals surface area contributed by atoms with Crippen molar-refractivity contribution in [2.24, 2.45) is 5.92 Å². The van der Waals surface area contributed by atoms with Crippen molar-refractivity contribution in [2.75, 3.05) is 4.90 Å². The predicted octanol–water partition coefficient (Wildman–Crippen LogP) is 2.60. The standard InChI is InChI=1S/C16H21N5/c1-10(2)5-15-17-7-13-8-21(9-14(13)20-15)16-18-11(3)6-12(4)19-16/h6-7,10H,5,8-9H2,1-4H3. The number of hydrogen-bond donors (Lipinski definition) is 0. The second kappa shape index (κ2) is 5.39. The summed E-state index contributed by atoms with van der Waals surface area (Å²) < 4.78 is 0. The van der Waals surface area contributed by atoms with Gasteiger partial charge in [0.1, 0.15) is 5.82 Å². The van der Waals surface area contributed by atoms with Gasteiger partial charge < -0.3 is 4.90 Å². The van der Waals surface area contributed by atoms with Crippen LogP contribution in [-0.4, -0.2) is 19.9 Å². The highest BCUT2D eigenvalue weighted by Gasteiger charge is 2.23. The molecule has 2 aromatic rings. The van der Waals surface area contributed by atoms with E-state index in [0.717, 1.165) is 48.4 Å². The van der Waals surface area contributed by atoms with Crippen LogP contribution in [-0.2, 0) is 19.5 Å². The normalized spacial score (nSPS) is 13.9. The first-order chi connectivity index (χ1) is 10.0. The summed E-state index contributed by atoms with van der Waals surface area (Å²) in [5.41, 5.74) is 4.30. The average Bonchev–Trinajstić information content (AvgIpc) is 2.80. The summed E-state index contributed by atoms with van der Waals surface area (Å²) in [6, 6.07) is 1.99. The maximum Gasteiger partial charge on any atom is 0.226 e. The third-order valence-electron chi connectivity index (χ3n) is 3.55. The number of anilines is 1. The van der Waals surface area contributed by atoms with Gasteiger partial charge in [-0.3, -0.25) is 0 Å². The predicted molar refractivity (Wildman–Crippen MR) is 82.0 cm³/mol. The Balaban J connectivity index is 1.83. The first-order valence-electron chi connectivity index (χ1n) is 7.42. The highest BCUT2D eigenvalue weighted by molar-refractivity contribution is 5.40. The molecule has 1 aliphatic rings. The minimum absolute atomic E-state index is 0.573. The molecular weight excluding hydrogens is 262 g/mol. The lowest BCUT2D eigenvalue weighted by atomic mass is 10.1. The Bertz CT molecular complexity index is 645. The highest BCUT2D eigenvalue weighted by Crippen LogP contribution is 2.24. The van der Waals surface area contributed by atoms with Gasteiger partial charge in [0.15, 0.2) is 0 Å². The molecule has 2 aromatic heterocycles. The lowest BCUT2D eigenvalue weighted by molar-refractivity contribution is 0.617. The Labute approximate surface area is 125 Å². The first-order valence-corrected chi connectivity index (χ1v) is 7.42. The fraction of sp³-hybridized carbons (Fsp3) is 0.500. The minimum Gasteiger partial charge on any atom is -0.330 e. The molecule has 5 nitrogen and oxygen atoms in total. The van der Waals surface area contributed by atoms with Crippen LogP contribution in [0.15, 0.2) is 12.3 Å². The maximum atomic E-state index is 4.71. The van der Waals surface area contributed by atoms with E-state index in [0.29, 0.717) is 5.92 Å². The van der Waals surface area contributed by atoms with Crippen LogP contribution in [0.4, 0.5) is 5.95 Å². The molecule has 0 spiro atoms. The van der Waals surface area contributed by atoms with Crippen LogP contribution in [0.5, 0.6) is 0 Å². The fourth-order valence-electron chi connectivity index (χ4n) is 2.65. The molecule has 0 bridgehead atoms. The topological polar surface area (TPSA) is 54.8 Å². The molecule has 1 aliphatic heterocycles. The van der Waals surface area contributed by atoms with Crippen molar-refractivity contribution in [2.45, 2.75) is 47.2 Å². The van der Waals surface area contributed by atoms with E-state index in [-0.39, 0.29) is 0 Å². The molecule has 0 saturated heterocycles. The van der Waals surface area contributed by atoms with Crippen LogP contribution < -0.4 is 4.90 Å². The van der Waals surface area contributed by atoms with E-state index in [1.807, 2.05) is 26.1 Å². The van der Waals surface area contributed by atoms with Gasteiger partial charge in [0.2, 0.25) is 5.95 Å². The number of hydrogen-bond acceptors (Lipinski definition) is 5. The number of fused-ring (bicyclic) bond motifs is 1. The molecule has 0 radical (unpaired) electrons. The third-order valence-corrected chi connectivity index (χ3v) is 3.55. The highest BCUT2D eigenvalue weighted by atomic mass is 15.3. The van der Waals surface area contributed by atoms with Crippen molar-refractivity contribution in [1.29, 1.82) is 0 Å². The maximum absolute atomic E-state index is 4.71. The van der Waals surface area contributed by atoms with Gasteiger partial charge in [-0.15, -0.1) is 0 Å². The molecule has 0 aliphatic carbocycles. The summed E-state index contributed by atoms with van der Waals surface area (Å²) in [6.45, 7) is 9.94. The number of aryl methyl sites for hydroxylation is 2. The van der Waals surface area contributed by atoms with E-state index in [1.165, 1.54) is 5.56 Å². The van der Waals surface area contributed by atoms with E-state index in [1.54, 1.807) is 0 Å². The minimum atomic E-state index is 0.573. The van der Waals surface area contributed by atoms with Gasteiger partial charge in [-0.1, -0.05) is 13.8 Å². The molecule has 0 fully saturated rings. The summed E-state index contributed by atoms with van der Waals surface area (Å²) in [6.07, 6.45) is 2.88. The van der Waals surface area contributed by atoms with E-state index >= 15 is 0 Å². The molecule has 5 heteroatoms. The molecule has 3 heterocycles. The van der Waals surface area contributed by atoms with Gasteiger partial charge in [-0.25, -0.2) is 19.9 Å². The van der Waals surface area contributed by atoms with Crippen molar-refractivity contribution >= 4 is 5.95 Å².